The molecule has 1 N–H and O–H groups in total. The van der Waals surface area contributed by atoms with E-state index in [0.717, 1.165) is 27.8 Å². The van der Waals surface area contributed by atoms with E-state index in [1.54, 1.807) is 0 Å². The number of aromatic nitrogens is 2. The zero-order valence-corrected chi connectivity index (χ0v) is 12.8. The van der Waals surface area contributed by atoms with Crippen molar-refractivity contribution in [2.45, 2.75) is 13.8 Å². The molecule has 0 saturated carbocycles. The van der Waals surface area contributed by atoms with Gasteiger partial charge in [0, 0.05) is 24.5 Å². The van der Waals surface area contributed by atoms with Crippen LogP contribution in [0.1, 0.15) is 13.8 Å². The third kappa shape index (κ3) is 3.20. The molecule has 0 atom stereocenters. The van der Waals surface area contributed by atoms with Gasteiger partial charge in [0.15, 0.2) is 3.92 Å². The summed E-state index contributed by atoms with van der Waals surface area (Å²) in [6.07, 6.45) is 0. The number of rotatable bonds is 5. The van der Waals surface area contributed by atoms with Crippen molar-refractivity contribution in [3.8, 4) is 0 Å². The van der Waals surface area contributed by atoms with Crippen LogP contribution in [0.3, 0.4) is 0 Å². The van der Waals surface area contributed by atoms with Gasteiger partial charge in [0.2, 0.25) is 5.13 Å². The molecule has 0 aliphatic rings. The molecule has 2 aromatic rings. The largest absolute Gasteiger partial charge is 0.372 e. The third-order valence-electron chi connectivity index (χ3n) is 2.65. The summed E-state index contributed by atoms with van der Waals surface area (Å²) < 4.78 is 0.782. The summed E-state index contributed by atoms with van der Waals surface area (Å²) in [5, 5.41) is 11.9. The molecule has 0 spiro atoms. The van der Waals surface area contributed by atoms with E-state index in [-0.39, 0.29) is 0 Å². The van der Waals surface area contributed by atoms with Crippen LogP contribution < -0.4 is 10.2 Å². The Morgan fingerprint density at radius 3 is 2.33 bits per heavy atom. The topological polar surface area (TPSA) is 41.0 Å². The minimum absolute atomic E-state index is 0.782. The zero-order valence-electron chi connectivity index (χ0n) is 10.4. The van der Waals surface area contributed by atoms with Crippen molar-refractivity contribution in [1.82, 2.24) is 10.2 Å². The summed E-state index contributed by atoms with van der Waals surface area (Å²) >= 11 is 4.77. The second kappa shape index (κ2) is 6.15. The minimum atomic E-state index is 0.782. The van der Waals surface area contributed by atoms with Gasteiger partial charge in [0.1, 0.15) is 0 Å². The van der Waals surface area contributed by atoms with Crippen LogP contribution in [0.25, 0.3) is 0 Å². The van der Waals surface area contributed by atoms with E-state index in [9.17, 15) is 0 Å². The van der Waals surface area contributed by atoms with Crippen LogP contribution in [0.4, 0.5) is 16.5 Å². The lowest BCUT2D eigenvalue weighted by molar-refractivity contribution is 0.866. The van der Waals surface area contributed by atoms with Gasteiger partial charge < -0.3 is 10.2 Å². The second-order valence-corrected chi connectivity index (χ2v) is 5.96. The molecule has 1 aromatic heterocycles. The van der Waals surface area contributed by atoms with Crippen molar-refractivity contribution in [3.63, 3.8) is 0 Å². The molecule has 6 heteroatoms. The minimum Gasteiger partial charge on any atom is -0.372 e. The highest BCUT2D eigenvalue weighted by atomic mass is 79.9. The molecule has 0 aliphatic heterocycles. The molecular formula is C12H15BrN4S. The highest BCUT2D eigenvalue weighted by molar-refractivity contribution is 9.11. The van der Waals surface area contributed by atoms with Gasteiger partial charge >= 0.3 is 0 Å². The number of halogens is 1. The summed E-state index contributed by atoms with van der Waals surface area (Å²) in [4.78, 5) is 2.31. The van der Waals surface area contributed by atoms with Crippen LogP contribution in [0.2, 0.25) is 0 Å². The molecule has 0 radical (unpaired) electrons. The summed E-state index contributed by atoms with van der Waals surface area (Å²) in [5.41, 5.74) is 2.26. The Kier molecular flexibility index (Phi) is 4.54. The number of anilines is 3. The van der Waals surface area contributed by atoms with Crippen molar-refractivity contribution in [1.29, 1.82) is 0 Å². The molecule has 1 aromatic carbocycles. The van der Waals surface area contributed by atoms with Gasteiger partial charge in [-0.15, -0.1) is 10.2 Å². The fourth-order valence-corrected chi connectivity index (χ4v) is 2.75. The van der Waals surface area contributed by atoms with Crippen molar-refractivity contribution in [2.75, 3.05) is 23.3 Å². The van der Waals surface area contributed by atoms with Gasteiger partial charge in [0.25, 0.3) is 0 Å². The summed E-state index contributed by atoms with van der Waals surface area (Å²) in [6.45, 7) is 6.36. The van der Waals surface area contributed by atoms with Gasteiger partial charge in [-0.3, -0.25) is 0 Å². The smallest absolute Gasteiger partial charge is 0.210 e. The van der Waals surface area contributed by atoms with Crippen molar-refractivity contribution < 1.29 is 0 Å². The highest BCUT2D eigenvalue weighted by Crippen LogP contribution is 2.25. The molecule has 0 saturated heterocycles. The van der Waals surface area contributed by atoms with E-state index in [4.69, 9.17) is 0 Å². The summed E-state index contributed by atoms with van der Waals surface area (Å²) in [6, 6.07) is 8.35. The maximum Gasteiger partial charge on any atom is 0.210 e. The van der Waals surface area contributed by atoms with E-state index in [0.29, 0.717) is 0 Å². The van der Waals surface area contributed by atoms with E-state index >= 15 is 0 Å². The normalized spacial score (nSPS) is 10.4. The Balaban J connectivity index is 2.07. The zero-order chi connectivity index (χ0) is 13.0. The van der Waals surface area contributed by atoms with E-state index < -0.39 is 0 Å². The Morgan fingerprint density at radius 1 is 1.17 bits per heavy atom. The fraction of sp³-hybridized carbons (Fsp3) is 0.333. The molecule has 0 aliphatic carbocycles. The molecule has 0 fully saturated rings. The first-order valence-electron chi connectivity index (χ1n) is 5.84. The van der Waals surface area contributed by atoms with Gasteiger partial charge in [0.05, 0.1) is 0 Å². The fourth-order valence-electron chi connectivity index (χ4n) is 1.72. The van der Waals surface area contributed by atoms with Crippen LogP contribution in [0.15, 0.2) is 28.2 Å². The molecule has 2 rings (SSSR count). The Bertz CT molecular complexity index is 493. The first-order chi connectivity index (χ1) is 8.72. The SMILES string of the molecule is CCN(CC)c1ccc(Nc2nnc(Br)s2)cc1. The molecule has 4 nitrogen and oxygen atoms in total. The molecule has 0 unspecified atom stereocenters. The lowest BCUT2D eigenvalue weighted by Gasteiger charge is -2.21. The quantitative estimate of drug-likeness (QED) is 0.904. The van der Waals surface area contributed by atoms with Crippen molar-refractivity contribution in [3.05, 3.63) is 28.2 Å². The maximum absolute atomic E-state index is 4.00. The van der Waals surface area contributed by atoms with Crippen LogP contribution in [0, 0.1) is 0 Å². The Hall–Kier alpha value is -1.14. The lowest BCUT2D eigenvalue weighted by Crippen LogP contribution is -2.21. The van der Waals surface area contributed by atoms with Gasteiger partial charge in [-0.2, -0.15) is 0 Å². The molecule has 96 valence electrons. The van der Waals surface area contributed by atoms with Crippen molar-refractivity contribution >= 4 is 43.8 Å². The summed E-state index contributed by atoms with van der Waals surface area (Å²) in [5.74, 6) is 0. The average Bonchev–Trinajstić information content (AvgIpc) is 2.78. The standard InChI is InChI=1S/C12H15BrN4S/c1-3-17(4-2)10-7-5-9(6-8-10)14-12-16-15-11(13)18-12/h5-8H,3-4H2,1-2H3,(H,14,16). The van der Waals surface area contributed by atoms with Crippen LogP contribution in [-0.2, 0) is 0 Å². The van der Waals surface area contributed by atoms with E-state index in [2.05, 4.69) is 74.5 Å². The van der Waals surface area contributed by atoms with Crippen LogP contribution in [-0.4, -0.2) is 23.3 Å². The molecule has 0 bridgehead atoms. The van der Waals surface area contributed by atoms with Crippen LogP contribution >= 0.6 is 27.3 Å². The molecule has 18 heavy (non-hydrogen) atoms. The highest BCUT2D eigenvalue weighted by Gasteiger charge is 2.03. The number of hydrogen-bond donors (Lipinski definition) is 1. The Labute approximate surface area is 119 Å². The molecule has 0 amide bonds. The van der Waals surface area contributed by atoms with E-state index in [1.165, 1.54) is 17.0 Å². The lowest BCUT2D eigenvalue weighted by atomic mass is 10.2. The number of hydrogen-bond acceptors (Lipinski definition) is 5. The number of nitrogens with one attached hydrogen (secondary N) is 1. The number of benzene rings is 1. The van der Waals surface area contributed by atoms with Crippen molar-refractivity contribution in [2.24, 2.45) is 0 Å². The first kappa shape index (κ1) is 13.3. The first-order valence-corrected chi connectivity index (χ1v) is 7.45. The van der Waals surface area contributed by atoms with Crippen LogP contribution in [0.5, 0.6) is 0 Å². The number of nitrogens with zero attached hydrogens (tertiary/aromatic N) is 3. The molecular weight excluding hydrogens is 312 g/mol. The summed E-state index contributed by atoms with van der Waals surface area (Å²) in [7, 11) is 0. The third-order valence-corrected chi connectivity index (χ3v) is 3.92. The monoisotopic (exact) mass is 326 g/mol. The predicted molar refractivity (Wildman–Crippen MR) is 80.9 cm³/mol. The maximum atomic E-state index is 4.00. The second-order valence-electron chi connectivity index (χ2n) is 3.70. The van der Waals surface area contributed by atoms with Gasteiger partial charge in [-0.1, -0.05) is 11.3 Å². The van der Waals surface area contributed by atoms with Gasteiger partial charge in [-0.05, 0) is 54.0 Å². The molecule has 1 heterocycles. The van der Waals surface area contributed by atoms with E-state index in [1.807, 2.05) is 0 Å². The average molecular weight is 327 g/mol. The van der Waals surface area contributed by atoms with Gasteiger partial charge in [-0.25, -0.2) is 0 Å². The Morgan fingerprint density at radius 2 is 1.83 bits per heavy atom. The predicted octanol–water partition coefficient (Wildman–Crippen LogP) is 3.89.